The van der Waals surface area contributed by atoms with Crippen molar-refractivity contribution in [3.63, 3.8) is 0 Å². The van der Waals surface area contributed by atoms with Crippen molar-refractivity contribution in [3.8, 4) is 0 Å². The van der Waals surface area contributed by atoms with Crippen molar-refractivity contribution in [2.75, 3.05) is 5.32 Å². The van der Waals surface area contributed by atoms with Crippen LogP contribution in [0.25, 0.3) is 0 Å². The van der Waals surface area contributed by atoms with Gasteiger partial charge in [0.2, 0.25) is 5.78 Å². The number of carboxylic acid groups (broad SMARTS) is 1. The Morgan fingerprint density at radius 1 is 0.971 bits per heavy atom. The maximum absolute atomic E-state index is 13.0. The van der Waals surface area contributed by atoms with E-state index in [9.17, 15) is 33.2 Å². The molecule has 0 saturated carbocycles. The third-order valence-corrected chi connectivity index (χ3v) is 6.19. The van der Waals surface area contributed by atoms with E-state index in [0.29, 0.717) is 5.69 Å². The van der Waals surface area contributed by atoms with Gasteiger partial charge < -0.3 is 10.4 Å². The Hall–Kier alpha value is -4.64. The Bertz CT molecular complexity index is 1520. The minimum Gasteiger partial charge on any atom is -0.478 e. The molecule has 0 spiro atoms. The third kappa shape index (κ3) is 4.45. The number of sulfonamides is 1. The Balaban J connectivity index is 1.81. The van der Waals surface area contributed by atoms with Gasteiger partial charge in [-0.2, -0.15) is 12.8 Å². The third-order valence-electron chi connectivity index (χ3n) is 4.91. The highest BCUT2D eigenvalue weighted by Crippen LogP contribution is 2.26. The van der Waals surface area contributed by atoms with Gasteiger partial charge in [0.15, 0.2) is 0 Å². The van der Waals surface area contributed by atoms with E-state index in [4.69, 9.17) is 0 Å². The van der Waals surface area contributed by atoms with Crippen molar-refractivity contribution in [1.29, 1.82) is 0 Å². The number of aromatic carboxylic acids is 1. The number of nitro groups is 1. The van der Waals surface area contributed by atoms with E-state index in [2.05, 4.69) is 9.71 Å². The second kappa shape index (κ2) is 8.71. The number of nitrogens with one attached hydrogen (secondary N) is 1. The van der Waals surface area contributed by atoms with Crippen LogP contribution in [0.2, 0.25) is 0 Å². The van der Waals surface area contributed by atoms with Crippen LogP contribution in [0, 0.1) is 10.1 Å². The number of rotatable bonds is 6. The molecule has 1 aliphatic carbocycles. The predicted octanol–water partition coefficient (Wildman–Crippen LogP) is 3.66. The van der Waals surface area contributed by atoms with E-state index in [1.54, 1.807) is 18.2 Å². The van der Waals surface area contributed by atoms with Crippen LogP contribution in [0.15, 0.2) is 93.9 Å². The summed E-state index contributed by atoms with van der Waals surface area (Å²) in [7, 11) is -4.37. The average Bonchev–Trinajstić information content (AvgIpc) is 2.82. The number of fused-ring (bicyclic) bond motifs is 1. The summed E-state index contributed by atoms with van der Waals surface area (Å²) in [6.07, 6.45) is 1.24. The van der Waals surface area contributed by atoms with Crippen molar-refractivity contribution in [1.82, 2.24) is 0 Å². The Morgan fingerprint density at radius 2 is 1.68 bits per heavy atom. The van der Waals surface area contributed by atoms with Gasteiger partial charge in [0.05, 0.1) is 26.8 Å². The standard InChI is InChI=1S/C23H15N3O7S/c27-22-19-10-2-1-9-18(19)20(13-21(22)24-15-6-3-5-14(11-15)23(28)29)25-34(32,33)17-8-4-7-16(12-17)26(30)31/h1-13,24H,(H,28,29)/b25-20+. The molecule has 3 aromatic carbocycles. The van der Waals surface area contributed by atoms with Gasteiger partial charge in [-0.15, -0.1) is 0 Å². The van der Waals surface area contributed by atoms with Crippen LogP contribution in [-0.2, 0) is 10.0 Å². The van der Waals surface area contributed by atoms with E-state index >= 15 is 0 Å². The number of nitrogens with zero attached hydrogens (tertiary/aromatic N) is 2. The van der Waals surface area contributed by atoms with E-state index < -0.39 is 32.4 Å². The molecule has 0 heterocycles. The average molecular weight is 477 g/mol. The second-order valence-electron chi connectivity index (χ2n) is 7.15. The maximum Gasteiger partial charge on any atom is 0.335 e. The van der Waals surface area contributed by atoms with Crippen molar-refractivity contribution in [2.24, 2.45) is 4.40 Å². The number of allylic oxidation sites excluding steroid dienone is 2. The number of carbonyl (C=O) groups is 2. The number of benzene rings is 3. The first kappa shape index (κ1) is 22.6. The summed E-state index contributed by atoms with van der Waals surface area (Å²) in [5.41, 5.74) is 0.280. The van der Waals surface area contributed by atoms with Gasteiger partial charge in [-0.05, 0) is 30.3 Å². The molecule has 0 saturated heterocycles. The maximum atomic E-state index is 13.0. The zero-order chi connectivity index (χ0) is 24.5. The monoisotopic (exact) mass is 477 g/mol. The molecule has 34 heavy (non-hydrogen) atoms. The molecule has 0 aliphatic heterocycles. The smallest absolute Gasteiger partial charge is 0.335 e. The van der Waals surface area contributed by atoms with Crippen molar-refractivity contribution in [2.45, 2.75) is 4.90 Å². The quantitative estimate of drug-likeness (QED) is 0.402. The number of Topliss-reactive ketones (excluding diaryl/α,β-unsaturated/α-hetero) is 1. The lowest BCUT2D eigenvalue weighted by Crippen LogP contribution is -2.22. The van der Waals surface area contributed by atoms with Gasteiger partial charge in [-0.25, -0.2) is 4.79 Å². The zero-order valence-corrected chi connectivity index (χ0v) is 18.0. The van der Waals surface area contributed by atoms with Crippen LogP contribution in [-0.4, -0.2) is 35.9 Å². The van der Waals surface area contributed by atoms with Crippen LogP contribution < -0.4 is 5.32 Å². The van der Waals surface area contributed by atoms with Gasteiger partial charge in [-0.1, -0.05) is 36.4 Å². The molecule has 4 rings (SSSR count). The number of carbonyl (C=O) groups excluding carboxylic acids is 1. The van der Waals surface area contributed by atoms with Crippen molar-refractivity contribution < 1.29 is 28.0 Å². The Labute approximate surface area is 193 Å². The molecular weight excluding hydrogens is 462 g/mol. The molecule has 3 aromatic rings. The number of anilines is 1. The summed E-state index contributed by atoms with van der Waals surface area (Å²) in [6.45, 7) is 0. The number of hydrogen-bond donors (Lipinski definition) is 2. The fourth-order valence-corrected chi connectivity index (χ4v) is 4.36. The summed E-state index contributed by atoms with van der Waals surface area (Å²) in [6, 6.07) is 16.5. The van der Waals surface area contributed by atoms with Gasteiger partial charge in [0.1, 0.15) is 0 Å². The minimum absolute atomic E-state index is 0.00333. The predicted molar refractivity (Wildman–Crippen MR) is 123 cm³/mol. The van der Waals surface area contributed by atoms with Crippen molar-refractivity contribution >= 4 is 38.9 Å². The number of non-ortho nitro benzene ring substituents is 1. The molecular formula is C23H15N3O7S. The zero-order valence-electron chi connectivity index (χ0n) is 17.2. The molecule has 0 bridgehead atoms. The first-order chi connectivity index (χ1) is 16.2. The van der Waals surface area contributed by atoms with Crippen LogP contribution in [0.3, 0.4) is 0 Å². The topological polar surface area (TPSA) is 156 Å². The highest BCUT2D eigenvalue weighted by molar-refractivity contribution is 7.90. The highest BCUT2D eigenvalue weighted by Gasteiger charge is 2.27. The molecule has 0 aromatic heterocycles. The molecule has 2 N–H and O–H groups in total. The number of nitro benzene ring substituents is 1. The molecule has 0 radical (unpaired) electrons. The number of hydrogen-bond acceptors (Lipinski definition) is 7. The first-order valence-corrected chi connectivity index (χ1v) is 11.2. The first-order valence-electron chi connectivity index (χ1n) is 9.71. The van der Waals surface area contributed by atoms with Gasteiger partial charge in [0, 0.05) is 28.9 Å². The number of carboxylic acids is 1. The molecule has 10 nitrogen and oxygen atoms in total. The lowest BCUT2D eigenvalue weighted by molar-refractivity contribution is -0.385. The van der Waals surface area contributed by atoms with E-state index in [1.807, 2.05) is 0 Å². The van der Waals surface area contributed by atoms with Gasteiger partial charge >= 0.3 is 5.97 Å². The Kier molecular flexibility index (Phi) is 5.78. The van der Waals surface area contributed by atoms with E-state index in [-0.39, 0.29) is 33.0 Å². The van der Waals surface area contributed by atoms with Crippen LogP contribution in [0.1, 0.15) is 26.3 Å². The van der Waals surface area contributed by atoms with Crippen LogP contribution in [0.5, 0.6) is 0 Å². The molecule has 11 heteroatoms. The summed E-state index contributed by atoms with van der Waals surface area (Å²) < 4.78 is 29.7. The summed E-state index contributed by atoms with van der Waals surface area (Å²) in [5, 5.41) is 23.1. The lowest BCUT2D eigenvalue weighted by atomic mass is 9.92. The SMILES string of the molecule is O=C(O)c1cccc(NC2=C/C(=N\S(=O)(=O)c3cccc([N+](=O)[O-])c3)c3ccccc3C2=O)c1. The number of ketones is 1. The van der Waals surface area contributed by atoms with Crippen LogP contribution in [0.4, 0.5) is 11.4 Å². The molecule has 170 valence electrons. The largest absolute Gasteiger partial charge is 0.478 e. The highest BCUT2D eigenvalue weighted by atomic mass is 32.2. The van der Waals surface area contributed by atoms with Crippen LogP contribution >= 0.6 is 0 Å². The van der Waals surface area contributed by atoms with Gasteiger partial charge in [0.25, 0.3) is 15.7 Å². The normalized spacial score (nSPS) is 14.3. The van der Waals surface area contributed by atoms with Crippen molar-refractivity contribution in [3.05, 3.63) is 111 Å². The molecule has 0 unspecified atom stereocenters. The Morgan fingerprint density at radius 3 is 2.38 bits per heavy atom. The fourth-order valence-electron chi connectivity index (χ4n) is 3.32. The molecule has 1 aliphatic rings. The summed E-state index contributed by atoms with van der Waals surface area (Å²) >= 11 is 0. The fraction of sp³-hybridized carbons (Fsp3) is 0. The minimum atomic E-state index is -4.37. The molecule has 0 amide bonds. The molecule has 0 fully saturated rings. The summed E-state index contributed by atoms with van der Waals surface area (Å²) in [5.74, 6) is -1.59. The van der Waals surface area contributed by atoms with Gasteiger partial charge in [-0.3, -0.25) is 14.9 Å². The lowest BCUT2D eigenvalue weighted by Gasteiger charge is -2.19. The molecule has 0 atom stereocenters. The second-order valence-corrected chi connectivity index (χ2v) is 8.75. The van der Waals surface area contributed by atoms with E-state index in [0.717, 1.165) is 12.1 Å². The summed E-state index contributed by atoms with van der Waals surface area (Å²) in [4.78, 5) is 34.2. The van der Waals surface area contributed by atoms with E-state index in [1.165, 1.54) is 48.5 Å².